The Morgan fingerprint density at radius 2 is 0.826 bits per heavy atom. The molecule has 14 rings (SSSR count). The van der Waals surface area contributed by atoms with Crippen molar-refractivity contribution in [2.75, 3.05) is 4.90 Å². The minimum atomic E-state index is 0.881. The molecule has 0 amide bonds. The molecule has 0 saturated heterocycles. The number of benzene rings is 12. The van der Waals surface area contributed by atoms with Crippen molar-refractivity contribution in [3.63, 3.8) is 0 Å². The number of aromatic nitrogens is 1. The summed E-state index contributed by atoms with van der Waals surface area (Å²) in [5.41, 5.74) is 15.3. The van der Waals surface area contributed by atoms with Gasteiger partial charge in [-0.2, -0.15) is 0 Å². The summed E-state index contributed by atoms with van der Waals surface area (Å²) in [6, 6.07) is 92.4. The van der Waals surface area contributed by atoms with E-state index in [1.54, 1.807) is 0 Å². The first-order valence-corrected chi connectivity index (χ1v) is 23.7. The molecule has 0 bridgehead atoms. The van der Waals surface area contributed by atoms with E-state index < -0.39 is 0 Å². The summed E-state index contributed by atoms with van der Waals surface area (Å²) in [6.07, 6.45) is 0. The third-order valence-corrected chi connectivity index (χ3v) is 14.2. The monoisotopic (exact) mass is 878 g/mol. The molecule has 14 aromatic rings. The number of nitrogens with zero attached hydrogens (tertiary/aromatic N) is 2. The van der Waals surface area contributed by atoms with Crippen LogP contribution in [0.2, 0.25) is 0 Å². The Bertz CT molecular complexity index is 4260. The molecule has 0 aliphatic rings. The number of hydrogen-bond acceptors (Lipinski definition) is 2. The van der Waals surface area contributed by atoms with E-state index in [-0.39, 0.29) is 0 Å². The number of para-hydroxylation sites is 5. The zero-order valence-electron chi connectivity index (χ0n) is 37.6. The van der Waals surface area contributed by atoms with Gasteiger partial charge in [0.25, 0.3) is 0 Å². The average molecular weight is 879 g/mol. The van der Waals surface area contributed by atoms with Gasteiger partial charge in [0.15, 0.2) is 0 Å². The smallest absolute Gasteiger partial charge is 0.143 e. The van der Waals surface area contributed by atoms with Gasteiger partial charge in [0.05, 0.1) is 22.4 Å². The van der Waals surface area contributed by atoms with Crippen molar-refractivity contribution >= 4 is 93.1 Å². The molecule has 0 aliphatic carbocycles. The third-order valence-electron chi connectivity index (χ3n) is 14.2. The van der Waals surface area contributed by atoms with Gasteiger partial charge in [0.1, 0.15) is 11.2 Å². The number of anilines is 3. The lowest BCUT2D eigenvalue weighted by Gasteiger charge is -2.28. The normalized spacial score (nSPS) is 11.8. The first-order chi connectivity index (χ1) is 34.2. The van der Waals surface area contributed by atoms with E-state index in [2.05, 4.69) is 264 Å². The Morgan fingerprint density at radius 3 is 1.55 bits per heavy atom. The topological polar surface area (TPSA) is 21.3 Å². The highest BCUT2D eigenvalue weighted by Gasteiger charge is 2.22. The summed E-state index contributed by atoms with van der Waals surface area (Å²) in [4.78, 5) is 2.40. The highest BCUT2D eigenvalue weighted by Crippen LogP contribution is 2.46. The van der Waals surface area contributed by atoms with Crippen molar-refractivity contribution < 1.29 is 4.42 Å². The molecule has 3 nitrogen and oxygen atoms in total. The lowest BCUT2D eigenvalue weighted by Crippen LogP contribution is -2.11. The van der Waals surface area contributed by atoms with E-state index in [1.807, 2.05) is 0 Å². The zero-order chi connectivity index (χ0) is 45.4. The van der Waals surface area contributed by atoms with Crippen LogP contribution >= 0.6 is 0 Å². The SMILES string of the molecule is c1ccc(N(c2ccc(-c3ccccc3-n3c4ccccc4c4ccccc43)cc2)c2ccc(-c3cccc4c3ccc3ccccc34)cc2)c(-c2cccc3c2oc2cc4ccccc4cc23)c1. The van der Waals surface area contributed by atoms with Crippen molar-refractivity contribution in [3.8, 4) is 39.1 Å². The van der Waals surface area contributed by atoms with Gasteiger partial charge in [0, 0.05) is 49.6 Å². The molecule has 0 fully saturated rings. The molecule has 0 saturated carbocycles. The number of rotatable bonds is 7. The lowest BCUT2D eigenvalue weighted by atomic mass is 9.94. The van der Waals surface area contributed by atoms with E-state index in [0.717, 1.165) is 61.4 Å². The second-order valence-corrected chi connectivity index (χ2v) is 18.0. The first-order valence-electron chi connectivity index (χ1n) is 23.7. The lowest BCUT2D eigenvalue weighted by molar-refractivity contribution is 0.670. The number of hydrogen-bond donors (Lipinski definition) is 0. The number of fused-ring (bicyclic) bond motifs is 10. The Morgan fingerprint density at radius 1 is 0.304 bits per heavy atom. The largest absolute Gasteiger partial charge is 0.455 e. The molecule has 0 N–H and O–H groups in total. The molecule has 2 aromatic heterocycles. The van der Waals surface area contributed by atoms with Crippen LogP contribution in [0.25, 0.3) is 115 Å². The van der Waals surface area contributed by atoms with Crippen LogP contribution in [0.5, 0.6) is 0 Å². The second-order valence-electron chi connectivity index (χ2n) is 18.0. The molecule has 0 aliphatic heterocycles. The van der Waals surface area contributed by atoms with Gasteiger partial charge in [-0.3, -0.25) is 0 Å². The maximum Gasteiger partial charge on any atom is 0.143 e. The minimum absolute atomic E-state index is 0.881. The van der Waals surface area contributed by atoms with Gasteiger partial charge >= 0.3 is 0 Å². The van der Waals surface area contributed by atoms with Crippen molar-refractivity contribution in [2.24, 2.45) is 0 Å². The van der Waals surface area contributed by atoms with Crippen molar-refractivity contribution in [1.29, 1.82) is 0 Å². The van der Waals surface area contributed by atoms with Gasteiger partial charge in [-0.05, 0) is 110 Å². The van der Waals surface area contributed by atoms with E-state index in [9.17, 15) is 0 Å². The third kappa shape index (κ3) is 6.29. The maximum atomic E-state index is 6.86. The molecule has 322 valence electrons. The molecule has 3 heteroatoms. The fraction of sp³-hybridized carbons (Fsp3) is 0. The van der Waals surface area contributed by atoms with Gasteiger partial charge in [-0.15, -0.1) is 0 Å². The van der Waals surface area contributed by atoms with Crippen LogP contribution in [-0.4, -0.2) is 4.57 Å². The fourth-order valence-electron chi connectivity index (χ4n) is 11.0. The summed E-state index contributed by atoms with van der Waals surface area (Å²) in [7, 11) is 0. The van der Waals surface area contributed by atoms with Crippen LogP contribution in [0, 0.1) is 0 Å². The van der Waals surface area contributed by atoms with Crippen LogP contribution in [0.3, 0.4) is 0 Å². The molecule has 0 radical (unpaired) electrons. The van der Waals surface area contributed by atoms with Crippen LogP contribution < -0.4 is 4.90 Å². The van der Waals surface area contributed by atoms with Gasteiger partial charge in [-0.1, -0.05) is 194 Å². The van der Waals surface area contributed by atoms with Crippen LogP contribution in [0.1, 0.15) is 0 Å². The molecule has 0 spiro atoms. The molecule has 12 aromatic carbocycles. The average Bonchev–Trinajstić information content (AvgIpc) is 3.96. The van der Waals surface area contributed by atoms with Gasteiger partial charge in [0.2, 0.25) is 0 Å². The molecule has 2 heterocycles. The Hall–Kier alpha value is -9.18. The second kappa shape index (κ2) is 15.7. The Labute approximate surface area is 399 Å². The van der Waals surface area contributed by atoms with Gasteiger partial charge < -0.3 is 13.9 Å². The quantitative estimate of drug-likeness (QED) is 0.149. The standard InChI is InChI=1S/C66H42N2O/c1-2-17-47-42-65-60(41-46(47)16-1)59-26-14-25-58(66(59)69-65)57-22-8-10-28-62(57)67(48-36-31-44(32-37-48)51-23-13-24-53-50-18-4-3-15-43(50)35-40-54(51)53)49-38-33-45(34-39-49)52-19-5-9-27-61(52)68-63-29-11-6-20-55(63)56-21-7-12-30-64(56)68/h1-42H. The van der Waals surface area contributed by atoms with E-state index in [4.69, 9.17) is 4.42 Å². The Balaban J connectivity index is 0.930. The predicted molar refractivity (Wildman–Crippen MR) is 292 cm³/mol. The first kappa shape index (κ1) is 39.0. The zero-order valence-corrected chi connectivity index (χ0v) is 37.6. The molecular formula is C66H42N2O. The number of furan rings is 1. The van der Waals surface area contributed by atoms with Gasteiger partial charge in [-0.25, -0.2) is 0 Å². The minimum Gasteiger partial charge on any atom is -0.455 e. The van der Waals surface area contributed by atoms with E-state index in [0.29, 0.717) is 0 Å². The predicted octanol–water partition coefficient (Wildman–Crippen LogP) is 18.6. The van der Waals surface area contributed by atoms with Crippen molar-refractivity contribution in [1.82, 2.24) is 4.57 Å². The summed E-state index contributed by atoms with van der Waals surface area (Å²) in [5, 5.41) is 12.1. The van der Waals surface area contributed by atoms with Crippen LogP contribution in [-0.2, 0) is 0 Å². The summed E-state index contributed by atoms with van der Waals surface area (Å²) in [5.74, 6) is 0. The van der Waals surface area contributed by atoms with Crippen molar-refractivity contribution in [3.05, 3.63) is 255 Å². The Kier molecular flexibility index (Phi) is 8.90. The van der Waals surface area contributed by atoms with E-state index in [1.165, 1.54) is 70.8 Å². The van der Waals surface area contributed by atoms with E-state index >= 15 is 0 Å². The van der Waals surface area contributed by atoms with Crippen molar-refractivity contribution in [2.45, 2.75) is 0 Å². The molecule has 0 atom stereocenters. The molecular weight excluding hydrogens is 837 g/mol. The summed E-state index contributed by atoms with van der Waals surface area (Å²) < 4.78 is 9.27. The fourth-order valence-corrected chi connectivity index (χ4v) is 11.0. The highest BCUT2D eigenvalue weighted by atomic mass is 16.3. The van der Waals surface area contributed by atoms with Crippen LogP contribution in [0.15, 0.2) is 259 Å². The molecule has 69 heavy (non-hydrogen) atoms. The maximum absolute atomic E-state index is 6.86. The summed E-state index contributed by atoms with van der Waals surface area (Å²) >= 11 is 0. The highest BCUT2D eigenvalue weighted by molar-refractivity contribution is 6.15. The molecule has 0 unspecified atom stereocenters. The summed E-state index contributed by atoms with van der Waals surface area (Å²) in [6.45, 7) is 0. The van der Waals surface area contributed by atoms with Crippen LogP contribution in [0.4, 0.5) is 17.1 Å².